The van der Waals surface area contributed by atoms with Crippen LogP contribution in [0.25, 0.3) is 0 Å². The Labute approximate surface area is 108 Å². The zero-order chi connectivity index (χ0) is 11.1. The quantitative estimate of drug-likeness (QED) is 0.841. The Bertz CT molecular complexity index is 379. The maximum atomic E-state index is 5.25. The number of nitrogens with two attached hydrogens (primary N) is 1. The van der Waals surface area contributed by atoms with Crippen molar-refractivity contribution in [2.75, 3.05) is 25.2 Å². The lowest BCUT2D eigenvalue weighted by Gasteiger charge is -2.08. The largest absolute Gasteiger partial charge is 0.496 e. The van der Waals surface area contributed by atoms with Crippen LogP contribution in [0.3, 0.4) is 0 Å². The number of hydrogen-bond acceptors (Lipinski definition) is 3. The van der Waals surface area contributed by atoms with E-state index in [1.54, 1.807) is 7.11 Å². The first-order valence-corrected chi connectivity index (χ1v) is 6.45. The number of halogens is 1. The van der Waals surface area contributed by atoms with Gasteiger partial charge < -0.3 is 10.5 Å². The van der Waals surface area contributed by atoms with Crippen molar-refractivity contribution in [3.63, 3.8) is 0 Å². The summed E-state index contributed by atoms with van der Waals surface area (Å²) in [7, 11) is 1.70. The van der Waals surface area contributed by atoms with Gasteiger partial charge >= 0.3 is 0 Å². The van der Waals surface area contributed by atoms with Gasteiger partial charge in [0, 0.05) is 17.5 Å². The molecule has 0 fully saturated rings. The average molecular weight is 262 g/mol. The minimum atomic E-state index is 0. The van der Waals surface area contributed by atoms with Gasteiger partial charge in [0.1, 0.15) is 5.75 Å². The van der Waals surface area contributed by atoms with Crippen molar-refractivity contribution in [3.8, 4) is 5.75 Å². The highest BCUT2D eigenvalue weighted by Crippen LogP contribution is 2.22. The number of rotatable bonds is 5. The predicted octanol–water partition coefficient (Wildman–Crippen LogP) is 2.81. The molecule has 0 radical (unpaired) electrons. The molecule has 0 aromatic rings. The van der Waals surface area contributed by atoms with E-state index in [0.717, 1.165) is 18.0 Å². The Hall–Kier alpha value is -0.380. The molecule has 92 valence electrons. The number of methoxy groups -OCH3 is 1. The normalized spacial score (nSPS) is 9.69. The first-order chi connectivity index (χ1) is 7.33. The highest BCUT2D eigenvalue weighted by molar-refractivity contribution is 7.99. The lowest BCUT2D eigenvalue weighted by atomic mass is 10.1. The van der Waals surface area contributed by atoms with Crippen LogP contribution in [0, 0.1) is 10.4 Å². The fourth-order valence-electron chi connectivity index (χ4n) is 1.25. The zero-order valence-electron chi connectivity index (χ0n) is 9.86. The van der Waals surface area contributed by atoms with E-state index in [1.165, 1.54) is 22.6 Å². The fraction of sp³-hybridized carbons (Fsp3) is 0.500. The van der Waals surface area contributed by atoms with Crippen LogP contribution in [-0.4, -0.2) is 25.2 Å². The van der Waals surface area contributed by atoms with E-state index in [-0.39, 0.29) is 12.4 Å². The number of hydrogen-bond donors (Lipinski definition) is 1. The topological polar surface area (TPSA) is 35.2 Å². The first kappa shape index (κ1) is 15.6. The van der Waals surface area contributed by atoms with Gasteiger partial charge in [0.2, 0.25) is 0 Å². The molecule has 4 heteroatoms. The smallest absolute Gasteiger partial charge is 0.127 e. The first-order valence-electron chi connectivity index (χ1n) is 5.29. The van der Waals surface area contributed by atoms with Gasteiger partial charge in [0.15, 0.2) is 0 Å². The van der Waals surface area contributed by atoms with Crippen molar-refractivity contribution in [1.82, 2.24) is 0 Å². The molecule has 0 bridgehead atoms. The van der Waals surface area contributed by atoms with Crippen LogP contribution in [0.2, 0.25) is 0 Å². The maximum absolute atomic E-state index is 5.25. The van der Waals surface area contributed by atoms with Crippen molar-refractivity contribution < 1.29 is 4.74 Å². The zero-order valence-corrected chi connectivity index (χ0v) is 11.5. The summed E-state index contributed by atoms with van der Waals surface area (Å²) in [5.74, 6) is 3.41. The molecule has 0 saturated heterocycles. The molecule has 0 saturated carbocycles. The molecule has 2 N–H and O–H groups in total. The Morgan fingerprint density at radius 3 is 2.31 bits per heavy atom. The summed E-state index contributed by atoms with van der Waals surface area (Å²) in [5, 5.41) is 2.62. The van der Waals surface area contributed by atoms with Crippen molar-refractivity contribution >= 4 is 24.2 Å². The summed E-state index contributed by atoms with van der Waals surface area (Å²) in [5.41, 5.74) is 5.25. The third-order valence-electron chi connectivity index (χ3n) is 2.12. The predicted molar refractivity (Wildman–Crippen MR) is 74.6 cm³/mol. The summed E-state index contributed by atoms with van der Waals surface area (Å²) >= 11 is 1.93. The summed E-state index contributed by atoms with van der Waals surface area (Å²) in [6.45, 7) is 3.01. The summed E-state index contributed by atoms with van der Waals surface area (Å²) in [4.78, 5) is 0. The summed E-state index contributed by atoms with van der Waals surface area (Å²) in [6.07, 6.45) is 1.27. The third-order valence-corrected chi connectivity index (χ3v) is 3.34. The van der Waals surface area contributed by atoms with Gasteiger partial charge in [0.05, 0.1) is 7.11 Å². The molecule has 16 heavy (non-hydrogen) atoms. The molecule has 0 unspecified atom stereocenters. The average Bonchev–Trinajstić information content (AvgIpc) is 2.24. The lowest BCUT2D eigenvalue weighted by molar-refractivity contribution is 0.407. The molecule has 2 aliphatic rings. The van der Waals surface area contributed by atoms with Gasteiger partial charge in [-0.1, -0.05) is 19.1 Å². The van der Waals surface area contributed by atoms with Crippen molar-refractivity contribution in [3.05, 3.63) is 28.6 Å². The maximum Gasteiger partial charge on any atom is 0.127 e. The highest BCUT2D eigenvalue weighted by Gasteiger charge is 2.03. The molecule has 0 spiro atoms. The second-order valence-electron chi connectivity index (χ2n) is 3.32. The second kappa shape index (κ2) is 8.74. The van der Waals surface area contributed by atoms with Gasteiger partial charge in [-0.2, -0.15) is 11.8 Å². The molecule has 0 aliphatic heterocycles. The fourth-order valence-corrected chi connectivity index (χ4v) is 1.91. The second-order valence-corrected chi connectivity index (χ2v) is 4.54. The molecular weight excluding hydrogens is 242 g/mol. The number of benzene rings is 1. The standard InChI is InChI=1S/C7H6O.C5H13NS.ClH/c1-8-7-4-5-2-3-6(5)7;1-2-4-7-5-3-6;/h2-4H,1H3;2-6H2,1H3;1H. The summed E-state index contributed by atoms with van der Waals surface area (Å²) in [6, 6.07) is 6.18. The molecule has 0 aromatic carbocycles. The Morgan fingerprint density at radius 1 is 1.31 bits per heavy atom. The van der Waals surface area contributed by atoms with E-state index in [0.29, 0.717) is 0 Å². The van der Waals surface area contributed by atoms with E-state index >= 15 is 0 Å². The van der Waals surface area contributed by atoms with Crippen LogP contribution in [0.4, 0.5) is 0 Å². The molecule has 0 atom stereocenters. The lowest BCUT2D eigenvalue weighted by Crippen LogP contribution is -2.01. The van der Waals surface area contributed by atoms with Gasteiger partial charge in [0.25, 0.3) is 0 Å². The van der Waals surface area contributed by atoms with Gasteiger partial charge in [-0.3, -0.25) is 0 Å². The highest BCUT2D eigenvalue weighted by atomic mass is 35.5. The van der Waals surface area contributed by atoms with Gasteiger partial charge in [-0.25, -0.2) is 0 Å². The van der Waals surface area contributed by atoms with Crippen molar-refractivity contribution in [2.45, 2.75) is 13.3 Å². The molecule has 0 amide bonds. The van der Waals surface area contributed by atoms with Gasteiger partial charge in [-0.15, -0.1) is 12.4 Å². The van der Waals surface area contributed by atoms with Gasteiger partial charge in [-0.05, 0) is 23.5 Å². The van der Waals surface area contributed by atoms with Crippen LogP contribution in [0.1, 0.15) is 13.3 Å². The van der Waals surface area contributed by atoms with E-state index in [1.807, 2.05) is 17.8 Å². The molecule has 2 aliphatic carbocycles. The van der Waals surface area contributed by atoms with Crippen LogP contribution in [-0.2, 0) is 0 Å². The van der Waals surface area contributed by atoms with E-state index in [4.69, 9.17) is 10.5 Å². The van der Waals surface area contributed by atoms with E-state index < -0.39 is 0 Å². The minimum absolute atomic E-state index is 0. The molecule has 2 rings (SSSR count). The molecular formula is C12H20ClNOS. The summed E-state index contributed by atoms with van der Waals surface area (Å²) < 4.78 is 4.97. The molecule has 2 nitrogen and oxygen atoms in total. The Kier molecular flexibility index (Phi) is 8.53. The molecule has 0 heterocycles. The van der Waals surface area contributed by atoms with Crippen LogP contribution >= 0.6 is 24.2 Å². The van der Waals surface area contributed by atoms with Crippen molar-refractivity contribution in [1.29, 1.82) is 0 Å². The van der Waals surface area contributed by atoms with E-state index in [2.05, 4.69) is 19.1 Å². The number of thioether (sulfide) groups is 1. The van der Waals surface area contributed by atoms with Crippen LogP contribution in [0.15, 0.2) is 18.2 Å². The van der Waals surface area contributed by atoms with Crippen LogP contribution < -0.4 is 10.5 Å². The van der Waals surface area contributed by atoms with Crippen molar-refractivity contribution in [2.24, 2.45) is 5.73 Å². The third kappa shape index (κ3) is 4.24. The SMILES string of the molecule is CCCSCCN.COc1cc2ccc1=2.Cl. The molecule has 0 aromatic heterocycles. The number of ether oxygens (including phenoxy) is 1. The monoisotopic (exact) mass is 261 g/mol. The Morgan fingerprint density at radius 2 is 2.06 bits per heavy atom. The van der Waals surface area contributed by atoms with Crippen LogP contribution in [0.5, 0.6) is 5.75 Å². The van der Waals surface area contributed by atoms with E-state index in [9.17, 15) is 0 Å². The Balaban J connectivity index is 0.000000269. The minimum Gasteiger partial charge on any atom is -0.496 e.